The molecule has 2 aliphatic heterocycles. The maximum atomic E-state index is 13.1. The molecule has 3 rings (SSSR count). The van der Waals surface area contributed by atoms with Gasteiger partial charge in [0.05, 0.1) is 11.2 Å². The summed E-state index contributed by atoms with van der Waals surface area (Å²) in [7, 11) is -3.27. The number of likely N-dealkylation sites (tertiary alicyclic amines) is 1. The van der Waals surface area contributed by atoms with Crippen LogP contribution in [0.1, 0.15) is 38.2 Å². The van der Waals surface area contributed by atoms with E-state index >= 15 is 0 Å². The number of halogens is 1. The van der Waals surface area contributed by atoms with E-state index in [1.165, 1.54) is 16.4 Å². The first-order chi connectivity index (χ1) is 11.9. The van der Waals surface area contributed by atoms with Crippen LogP contribution in [-0.4, -0.2) is 48.9 Å². The molecule has 2 fully saturated rings. The molecule has 5 nitrogen and oxygen atoms in total. The van der Waals surface area contributed by atoms with Gasteiger partial charge in [0.15, 0.2) is 0 Å². The maximum absolute atomic E-state index is 13.1. The highest BCUT2D eigenvalue weighted by atomic mass is 32.2. The van der Waals surface area contributed by atoms with E-state index in [0.29, 0.717) is 39.0 Å². The molecule has 1 aromatic rings. The third-order valence-electron chi connectivity index (χ3n) is 5.29. The van der Waals surface area contributed by atoms with E-state index < -0.39 is 15.4 Å². The fourth-order valence-corrected chi connectivity index (χ4v) is 5.54. The average molecular weight is 368 g/mol. The van der Waals surface area contributed by atoms with Gasteiger partial charge >= 0.3 is 0 Å². The van der Waals surface area contributed by atoms with Crippen LogP contribution in [0.5, 0.6) is 0 Å². The van der Waals surface area contributed by atoms with Crippen LogP contribution in [0.15, 0.2) is 24.3 Å². The van der Waals surface area contributed by atoms with E-state index in [4.69, 9.17) is 0 Å². The smallest absolute Gasteiger partial charge is 0.230 e. The van der Waals surface area contributed by atoms with E-state index in [1.807, 2.05) is 6.92 Å². The van der Waals surface area contributed by atoms with Gasteiger partial charge < -0.3 is 4.90 Å². The summed E-state index contributed by atoms with van der Waals surface area (Å²) >= 11 is 0. The van der Waals surface area contributed by atoms with Gasteiger partial charge in [-0.05, 0) is 43.4 Å². The Kier molecular flexibility index (Phi) is 5.16. The summed E-state index contributed by atoms with van der Waals surface area (Å²) in [6, 6.07) is 6.18. The zero-order valence-electron chi connectivity index (χ0n) is 14.6. The molecule has 0 radical (unpaired) electrons. The van der Waals surface area contributed by atoms with Crippen molar-refractivity contribution in [3.8, 4) is 0 Å². The van der Waals surface area contributed by atoms with Crippen LogP contribution in [0, 0.1) is 11.2 Å². The Morgan fingerprint density at radius 2 is 1.88 bits per heavy atom. The van der Waals surface area contributed by atoms with Crippen LogP contribution in [0.25, 0.3) is 0 Å². The first-order valence-electron chi connectivity index (χ1n) is 8.88. The van der Waals surface area contributed by atoms with Crippen LogP contribution in [0.4, 0.5) is 4.39 Å². The molecule has 1 amide bonds. The topological polar surface area (TPSA) is 57.7 Å². The summed E-state index contributed by atoms with van der Waals surface area (Å²) < 4.78 is 39.2. The fourth-order valence-electron chi connectivity index (χ4n) is 3.95. The second-order valence-electron chi connectivity index (χ2n) is 7.14. The average Bonchev–Trinajstić information content (AvgIpc) is 3.00. The molecule has 25 heavy (non-hydrogen) atoms. The van der Waals surface area contributed by atoms with Crippen molar-refractivity contribution in [1.82, 2.24) is 9.21 Å². The van der Waals surface area contributed by atoms with E-state index in [0.717, 1.165) is 18.4 Å². The maximum Gasteiger partial charge on any atom is 0.230 e. The molecule has 2 saturated heterocycles. The van der Waals surface area contributed by atoms with Crippen molar-refractivity contribution in [3.05, 3.63) is 35.6 Å². The Hall–Kier alpha value is -1.47. The second kappa shape index (κ2) is 7.03. The standard InChI is InChI=1S/C18H25FN2O3S/c1-2-12-25(23,24)21-11-9-18(14-21)8-3-10-20(17(18)22)13-15-4-6-16(19)7-5-15/h4-7H,2-3,8-14H2,1H3. The summed E-state index contributed by atoms with van der Waals surface area (Å²) in [5.74, 6) is -0.119. The van der Waals surface area contributed by atoms with Gasteiger partial charge in [-0.1, -0.05) is 19.1 Å². The Labute approximate surface area is 148 Å². The van der Waals surface area contributed by atoms with Gasteiger partial charge in [0.2, 0.25) is 15.9 Å². The van der Waals surface area contributed by atoms with Crippen molar-refractivity contribution in [2.45, 2.75) is 39.2 Å². The first kappa shape index (κ1) is 18.3. The molecule has 0 bridgehead atoms. The van der Waals surface area contributed by atoms with E-state index in [2.05, 4.69) is 0 Å². The Bertz CT molecular complexity index is 735. The zero-order chi connectivity index (χ0) is 18.1. The van der Waals surface area contributed by atoms with Gasteiger partial charge in [-0.3, -0.25) is 4.79 Å². The lowest BCUT2D eigenvalue weighted by Crippen LogP contribution is -2.50. The minimum Gasteiger partial charge on any atom is -0.338 e. The molecule has 7 heteroatoms. The summed E-state index contributed by atoms with van der Waals surface area (Å²) in [6.45, 7) is 3.69. The van der Waals surface area contributed by atoms with Gasteiger partial charge in [-0.25, -0.2) is 17.1 Å². The summed E-state index contributed by atoms with van der Waals surface area (Å²) in [6.07, 6.45) is 2.78. The van der Waals surface area contributed by atoms with Gasteiger partial charge in [-0.2, -0.15) is 0 Å². The number of sulfonamides is 1. The first-order valence-corrected chi connectivity index (χ1v) is 10.5. The van der Waals surface area contributed by atoms with Crippen molar-refractivity contribution in [2.75, 3.05) is 25.4 Å². The van der Waals surface area contributed by atoms with Crippen LogP contribution < -0.4 is 0 Å². The third kappa shape index (κ3) is 3.72. The molecule has 1 aromatic carbocycles. The molecule has 0 aromatic heterocycles. The Morgan fingerprint density at radius 3 is 2.56 bits per heavy atom. The van der Waals surface area contributed by atoms with Crippen LogP contribution >= 0.6 is 0 Å². The molecule has 0 N–H and O–H groups in total. The lowest BCUT2D eigenvalue weighted by molar-refractivity contribution is -0.146. The number of carbonyl (C=O) groups is 1. The number of hydrogen-bond acceptors (Lipinski definition) is 3. The van der Waals surface area contributed by atoms with Gasteiger partial charge in [0.25, 0.3) is 0 Å². The third-order valence-corrected chi connectivity index (χ3v) is 7.31. The molecular weight excluding hydrogens is 343 g/mol. The Balaban J connectivity index is 1.73. The van der Waals surface area contributed by atoms with E-state index in [1.54, 1.807) is 17.0 Å². The lowest BCUT2D eigenvalue weighted by Gasteiger charge is -2.39. The molecule has 2 heterocycles. The lowest BCUT2D eigenvalue weighted by atomic mass is 9.78. The van der Waals surface area contributed by atoms with Crippen molar-refractivity contribution < 1.29 is 17.6 Å². The highest BCUT2D eigenvalue weighted by molar-refractivity contribution is 7.89. The largest absolute Gasteiger partial charge is 0.338 e. The predicted molar refractivity (Wildman–Crippen MR) is 93.8 cm³/mol. The summed E-state index contributed by atoms with van der Waals surface area (Å²) in [4.78, 5) is 14.9. The zero-order valence-corrected chi connectivity index (χ0v) is 15.4. The highest BCUT2D eigenvalue weighted by Crippen LogP contribution is 2.41. The molecule has 2 aliphatic rings. The minimum absolute atomic E-state index is 0.0391. The quantitative estimate of drug-likeness (QED) is 0.802. The van der Waals surface area contributed by atoms with Crippen molar-refractivity contribution in [1.29, 1.82) is 0 Å². The second-order valence-corrected chi connectivity index (χ2v) is 9.23. The van der Waals surface area contributed by atoms with Crippen molar-refractivity contribution >= 4 is 15.9 Å². The molecule has 0 aliphatic carbocycles. The molecule has 138 valence electrons. The molecule has 1 spiro atoms. The SMILES string of the molecule is CCCS(=O)(=O)N1CCC2(CCCN(Cc3ccc(F)cc3)C2=O)C1. The van der Waals surface area contributed by atoms with Crippen LogP contribution in [-0.2, 0) is 21.4 Å². The Morgan fingerprint density at radius 1 is 1.16 bits per heavy atom. The van der Waals surface area contributed by atoms with Crippen molar-refractivity contribution in [3.63, 3.8) is 0 Å². The summed E-state index contributed by atoms with van der Waals surface area (Å²) in [5, 5.41) is 0. The molecular formula is C18H25FN2O3S. The number of nitrogens with zero attached hydrogens (tertiary/aromatic N) is 2. The number of piperidine rings is 1. The van der Waals surface area contributed by atoms with Gasteiger partial charge in [0, 0.05) is 26.2 Å². The number of hydrogen-bond donors (Lipinski definition) is 0. The number of carbonyl (C=O) groups excluding carboxylic acids is 1. The molecule has 1 unspecified atom stereocenters. The van der Waals surface area contributed by atoms with Gasteiger partial charge in [-0.15, -0.1) is 0 Å². The number of rotatable bonds is 5. The van der Waals surface area contributed by atoms with Crippen LogP contribution in [0.3, 0.4) is 0 Å². The minimum atomic E-state index is -3.27. The predicted octanol–water partition coefficient (Wildman–Crippen LogP) is 2.38. The highest BCUT2D eigenvalue weighted by Gasteiger charge is 2.50. The van der Waals surface area contributed by atoms with Crippen LogP contribution in [0.2, 0.25) is 0 Å². The normalized spacial score (nSPS) is 25.0. The summed E-state index contributed by atoms with van der Waals surface area (Å²) in [5.41, 5.74) is 0.305. The monoisotopic (exact) mass is 368 g/mol. The number of amides is 1. The van der Waals surface area contributed by atoms with Gasteiger partial charge in [0.1, 0.15) is 5.82 Å². The van der Waals surface area contributed by atoms with E-state index in [-0.39, 0.29) is 17.5 Å². The van der Waals surface area contributed by atoms with E-state index in [9.17, 15) is 17.6 Å². The number of benzene rings is 1. The fraction of sp³-hybridized carbons (Fsp3) is 0.611. The molecule has 1 atom stereocenters. The molecule has 0 saturated carbocycles. The van der Waals surface area contributed by atoms with Crippen molar-refractivity contribution in [2.24, 2.45) is 5.41 Å².